The molecule has 1 unspecified atom stereocenters. The van der Waals surface area contributed by atoms with Crippen LogP contribution in [0.5, 0.6) is 0 Å². The summed E-state index contributed by atoms with van der Waals surface area (Å²) in [7, 11) is 0. The molecule has 108 valence electrons. The van der Waals surface area contributed by atoms with E-state index in [2.05, 4.69) is 36.5 Å². The normalized spacial score (nSPS) is 19.6. The predicted molar refractivity (Wildman–Crippen MR) is 86.1 cm³/mol. The highest BCUT2D eigenvalue weighted by atomic mass is 14.9. The van der Waals surface area contributed by atoms with Crippen LogP contribution in [0.2, 0.25) is 0 Å². The van der Waals surface area contributed by atoms with E-state index in [1.165, 1.54) is 56.9 Å². The van der Waals surface area contributed by atoms with E-state index < -0.39 is 0 Å². The lowest BCUT2D eigenvalue weighted by molar-refractivity contribution is 0.562. The van der Waals surface area contributed by atoms with Gasteiger partial charge in [0.15, 0.2) is 0 Å². The van der Waals surface area contributed by atoms with Gasteiger partial charge in [0.05, 0.1) is 0 Å². The van der Waals surface area contributed by atoms with Crippen LogP contribution >= 0.6 is 0 Å². The van der Waals surface area contributed by atoms with E-state index in [4.69, 9.17) is 0 Å². The predicted octanol–water partition coefficient (Wildman–Crippen LogP) is 4.72. The lowest BCUT2D eigenvalue weighted by Crippen LogP contribution is -2.20. The van der Waals surface area contributed by atoms with E-state index in [1.54, 1.807) is 16.7 Å². The monoisotopic (exact) mass is 269 g/mol. The van der Waals surface area contributed by atoms with Crippen LogP contribution < -0.4 is 5.32 Å². The van der Waals surface area contributed by atoms with Gasteiger partial charge in [-0.2, -0.15) is 0 Å². The zero-order valence-corrected chi connectivity index (χ0v) is 12.8. The number of rotatable bonds is 5. The van der Waals surface area contributed by atoms with E-state index in [-0.39, 0.29) is 0 Å². The molecule has 1 aromatic rings. The van der Waals surface area contributed by atoms with Crippen LogP contribution in [0.4, 0.5) is 0 Å². The van der Waals surface area contributed by atoms with Crippen LogP contribution in [-0.4, -0.2) is 6.54 Å². The fourth-order valence-corrected chi connectivity index (χ4v) is 3.56. The molecule has 2 aliphatic rings. The second-order valence-electron chi connectivity index (χ2n) is 6.42. The van der Waals surface area contributed by atoms with Gasteiger partial charge in [-0.3, -0.25) is 0 Å². The number of nitrogens with one attached hydrogen (secondary N) is 1. The molecule has 0 aliphatic heterocycles. The summed E-state index contributed by atoms with van der Waals surface area (Å²) in [6.45, 7) is 3.41. The van der Waals surface area contributed by atoms with Crippen molar-refractivity contribution >= 4 is 0 Å². The molecule has 0 radical (unpaired) electrons. The Morgan fingerprint density at radius 2 is 1.95 bits per heavy atom. The van der Waals surface area contributed by atoms with E-state index in [9.17, 15) is 0 Å². The molecule has 0 fully saturated rings. The molecule has 3 rings (SSSR count). The molecule has 1 aromatic carbocycles. The van der Waals surface area contributed by atoms with E-state index in [1.807, 2.05) is 0 Å². The maximum Gasteiger partial charge on any atom is 0.0292 e. The zero-order chi connectivity index (χ0) is 13.8. The summed E-state index contributed by atoms with van der Waals surface area (Å²) in [5.74, 6) is 0. The number of aryl methyl sites for hydroxylation is 2. The van der Waals surface area contributed by atoms with Gasteiger partial charge < -0.3 is 5.32 Å². The molecule has 1 nitrogen and oxygen atoms in total. The molecular formula is C19H27N. The minimum absolute atomic E-state index is 0.477. The van der Waals surface area contributed by atoms with Gasteiger partial charge in [0.1, 0.15) is 0 Å². The molecule has 0 heterocycles. The Balaban J connectivity index is 1.51. The summed E-state index contributed by atoms with van der Waals surface area (Å²) in [5, 5.41) is 3.70. The van der Waals surface area contributed by atoms with Gasteiger partial charge in [-0.15, -0.1) is 0 Å². The lowest BCUT2D eigenvalue weighted by atomic mass is 9.97. The Bertz CT molecular complexity index is 487. The zero-order valence-electron chi connectivity index (χ0n) is 12.8. The summed E-state index contributed by atoms with van der Waals surface area (Å²) < 4.78 is 0. The molecule has 1 heteroatoms. The fraction of sp³-hybridized carbons (Fsp3) is 0.579. The summed E-state index contributed by atoms with van der Waals surface area (Å²) in [6, 6.07) is 7.58. The number of fused-ring (bicyclic) bond motifs is 1. The summed E-state index contributed by atoms with van der Waals surface area (Å²) in [4.78, 5) is 0. The second kappa shape index (κ2) is 6.58. The minimum atomic E-state index is 0.477. The van der Waals surface area contributed by atoms with Crippen molar-refractivity contribution in [3.05, 3.63) is 46.5 Å². The number of hydrogen-bond donors (Lipinski definition) is 1. The van der Waals surface area contributed by atoms with Crippen LogP contribution in [0.1, 0.15) is 68.2 Å². The second-order valence-corrected chi connectivity index (χ2v) is 6.42. The highest BCUT2D eigenvalue weighted by Crippen LogP contribution is 2.25. The third-order valence-electron chi connectivity index (χ3n) is 4.90. The molecule has 20 heavy (non-hydrogen) atoms. The SMILES string of the molecule is CC(NCCC1=CCCCC1)c1ccc2c(c1)CCC2. The van der Waals surface area contributed by atoms with Gasteiger partial charge in [-0.1, -0.05) is 29.8 Å². The molecule has 0 saturated heterocycles. The minimum Gasteiger partial charge on any atom is -0.310 e. The highest BCUT2D eigenvalue weighted by Gasteiger charge is 2.13. The van der Waals surface area contributed by atoms with Crippen molar-refractivity contribution in [1.82, 2.24) is 5.32 Å². The van der Waals surface area contributed by atoms with Gasteiger partial charge in [-0.05, 0) is 81.5 Å². The Morgan fingerprint density at radius 3 is 2.80 bits per heavy atom. The molecule has 0 aromatic heterocycles. The largest absolute Gasteiger partial charge is 0.310 e. The molecule has 0 amide bonds. The van der Waals surface area contributed by atoms with Crippen molar-refractivity contribution in [2.24, 2.45) is 0 Å². The highest BCUT2D eigenvalue weighted by molar-refractivity contribution is 5.36. The van der Waals surface area contributed by atoms with E-state index in [0.717, 1.165) is 6.54 Å². The van der Waals surface area contributed by atoms with Crippen molar-refractivity contribution < 1.29 is 0 Å². The van der Waals surface area contributed by atoms with Crippen molar-refractivity contribution in [2.45, 2.75) is 64.3 Å². The van der Waals surface area contributed by atoms with Crippen LogP contribution in [0.3, 0.4) is 0 Å². The third kappa shape index (κ3) is 3.32. The van der Waals surface area contributed by atoms with Crippen LogP contribution in [0.25, 0.3) is 0 Å². The third-order valence-corrected chi connectivity index (χ3v) is 4.90. The number of allylic oxidation sites excluding steroid dienone is 1. The fourth-order valence-electron chi connectivity index (χ4n) is 3.56. The van der Waals surface area contributed by atoms with Crippen LogP contribution in [-0.2, 0) is 12.8 Å². The first-order valence-corrected chi connectivity index (χ1v) is 8.36. The Morgan fingerprint density at radius 1 is 1.05 bits per heavy atom. The van der Waals surface area contributed by atoms with Crippen molar-refractivity contribution in [2.75, 3.05) is 6.54 Å². The van der Waals surface area contributed by atoms with Crippen LogP contribution in [0.15, 0.2) is 29.8 Å². The van der Waals surface area contributed by atoms with E-state index in [0.29, 0.717) is 6.04 Å². The van der Waals surface area contributed by atoms with Gasteiger partial charge >= 0.3 is 0 Å². The first-order valence-electron chi connectivity index (χ1n) is 8.36. The molecule has 0 spiro atoms. The molecule has 1 N–H and O–H groups in total. The van der Waals surface area contributed by atoms with Crippen molar-refractivity contribution in [3.8, 4) is 0 Å². The summed E-state index contributed by atoms with van der Waals surface area (Å²) in [5.41, 5.74) is 6.30. The molecule has 0 saturated carbocycles. The topological polar surface area (TPSA) is 12.0 Å². The Hall–Kier alpha value is -1.08. The van der Waals surface area contributed by atoms with Crippen LogP contribution in [0, 0.1) is 0 Å². The molecule has 0 bridgehead atoms. The average Bonchev–Trinajstić information content (AvgIpc) is 2.95. The average molecular weight is 269 g/mol. The maximum absolute atomic E-state index is 3.70. The number of hydrogen-bond acceptors (Lipinski definition) is 1. The molecular weight excluding hydrogens is 242 g/mol. The van der Waals surface area contributed by atoms with Gasteiger partial charge in [0.2, 0.25) is 0 Å². The van der Waals surface area contributed by atoms with Crippen molar-refractivity contribution in [3.63, 3.8) is 0 Å². The van der Waals surface area contributed by atoms with E-state index >= 15 is 0 Å². The van der Waals surface area contributed by atoms with Gasteiger partial charge in [0.25, 0.3) is 0 Å². The first kappa shape index (κ1) is 13.9. The quantitative estimate of drug-likeness (QED) is 0.763. The lowest BCUT2D eigenvalue weighted by Gasteiger charge is -2.17. The van der Waals surface area contributed by atoms with Gasteiger partial charge in [0, 0.05) is 6.04 Å². The smallest absolute Gasteiger partial charge is 0.0292 e. The molecule has 2 aliphatic carbocycles. The maximum atomic E-state index is 3.70. The van der Waals surface area contributed by atoms with Crippen molar-refractivity contribution in [1.29, 1.82) is 0 Å². The van der Waals surface area contributed by atoms with Gasteiger partial charge in [-0.25, -0.2) is 0 Å². The Labute approximate surface area is 123 Å². The summed E-state index contributed by atoms with van der Waals surface area (Å²) in [6.07, 6.45) is 13.0. The summed E-state index contributed by atoms with van der Waals surface area (Å²) >= 11 is 0. The standard InChI is InChI=1S/C19H27N/c1-15(20-13-12-16-6-3-2-4-7-16)18-11-10-17-8-5-9-19(17)14-18/h6,10-11,14-15,20H,2-5,7-9,12-13H2,1H3. The number of benzene rings is 1. The first-order chi connectivity index (χ1) is 9.83. The molecule has 1 atom stereocenters. The Kier molecular flexibility index (Phi) is 4.57.